The first kappa shape index (κ1) is 31.4. The van der Waals surface area contributed by atoms with E-state index in [2.05, 4.69) is 15.3 Å². The highest BCUT2D eigenvalue weighted by molar-refractivity contribution is 5.89. The number of methoxy groups -OCH3 is 1. The van der Waals surface area contributed by atoms with E-state index in [1.165, 1.54) is 18.1 Å². The molecule has 3 heterocycles. The Bertz CT molecular complexity index is 1480. The van der Waals surface area contributed by atoms with Gasteiger partial charge in [0, 0.05) is 24.5 Å². The van der Waals surface area contributed by atoms with Crippen molar-refractivity contribution in [3.8, 4) is 11.6 Å². The highest BCUT2D eigenvalue weighted by Crippen LogP contribution is 2.57. The van der Waals surface area contributed by atoms with Gasteiger partial charge in [-0.25, -0.2) is 14.8 Å². The lowest BCUT2D eigenvalue weighted by Crippen LogP contribution is -2.56. The van der Waals surface area contributed by atoms with Crippen molar-refractivity contribution in [1.29, 1.82) is 0 Å². The lowest BCUT2D eigenvalue weighted by atomic mass is 9.85. The van der Waals surface area contributed by atoms with Crippen LogP contribution in [0.25, 0.3) is 11.0 Å². The van der Waals surface area contributed by atoms with Crippen molar-refractivity contribution in [1.82, 2.24) is 20.2 Å². The zero-order valence-electron chi connectivity index (χ0n) is 26.1. The number of aldehydes is 1. The molecule has 0 spiro atoms. The van der Waals surface area contributed by atoms with Gasteiger partial charge in [0.1, 0.15) is 36.9 Å². The predicted molar refractivity (Wildman–Crippen MR) is 157 cm³/mol. The smallest absolute Gasteiger partial charge is 0.408 e. The average Bonchev–Trinajstić information content (AvgIpc) is 3.56. The summed E-state index contributed by atoms with van der Waals surface area (Å²) in [5.74, 6) is -3.88. The normalized spacial score (nSPS) is 33.4. The van der Waals surface area contributed by atoms with E-state index in [1.54, 1.807) is 19.1 Å². The largest absolute Gasteiger partial charge is 0.497 e. The number of benzene rings is 1. The van der Waals surface area contributed by atoms with E-state index < -0.39 is 71.7 Å². The molecule has 8 atom stereocenters. The average molecular weight is 631 g/mol. The number of halogens is 2. The molecule has 4 aliphatic rings. The molecular formula is C32H40F2N4O7. The van der Waals surface area contributed by atoms with Gasteiger partial charge in [-0.2, -0.15) is 8.78 Å². The number of hydrogen-bond acceptors (Lipinski definition) is 9. The number of amides is 2. The van der Waals surface area contributed by atoms with Crippen LogP contribution in [0.2, 0.25) is 0 Å². The summed E-state index contributed by atoms with van der Waals surface area (Å²) < 4.78 is 54.6. The summed E-state index contributed by atoms with van der Waals surface area (Å²) >= 11 is 0. The number of nitrogens with zero attached hydrogens (tertiary/aromatic N) is 3. The van der Waals surface area contributed by atoms with Crippen molar-refractivity contribution in [2.75, 3.05) is 26.9 Å². The molecule has 1 aromatic carbocycles. The Hall–Kier alpha value is -3.61. The molecule has 45 heavy (non-hydrogen) atoms. The molecule has 2 saturated carbocycles. The van der Waals surface area contributed by atoms with E-state index in [0.29, 0.717) is 36.7 Å². The van der Waals surface area contributed by atoms with E-state index in [1.807, 2.05) is 20.8 Å². The maximum Gasteiger partial charge on any atom is 0.408 e. The first-order valence-electron chi connectivity index (χ1n) is 15.5. The number of nitrogens with one attached hydrogen (secondary N) is 1. The number of rotatable bonds is 2. The molecule has 13 heteroatoms. The molecule has 1 N–H and O–H groups in total. The minimum absolute atomic E-state index is 0.0361. The molecule has 2 aromatic rings. The molecule has 1 saturated heterocycles. The molecule has 6 rings (SSSR count). The summed E-state index contributed by atoms with van der Waals surface area (Å²) in [6.45, 7) is 6.12. The van der Waals surface area contributed by atoms with Crippen LogP contribution in [0.5, 0.6) is 11.6 Å². The van der Waals surface area contributed by atoms with Crippen LogP contribution < -0.4 is 14.8 Å². The second kappa shape index (κ2) is 11.6. The van der Waals surface area contributed by atoms with E-state index in [4.69, 9.17) is 18.9 Å². The molecule has 2 amide bonds. The van der Waals surface area contributed by atoms with Crippen LogP contribution in [-0.2, 0) is 25.0 Å². The molecule has 244 valence electrons. The van der Waals surface area contributed by atoms with Crippen molar-refractivity contribution in [3.05, 3.63) is 23.9 Å². The Morgan fingerprint density at radius 2 is 1.87 bits per heavy atom. The number of carbonyl (C=O) groups excluding carboxylic acids is 3. The van der Waals surface area contributed by atoms with Crippen LogP contribution in [0.1, 0.15) is 52.7 Å². The monoisotopic (exact) mass is 630 g/mol. The number of alkyl carbamates (subject to hydrolysis) is 1. The number of fused-ring (bicyclic) bond motifs is 7. The van der Waals surface area contributed by atoms with Crippen LogP contribution in [-0.4, -0.2) is 84.3 Å². The highest BCUT2D eigenvalue weighted by Gasteiger charge is 2.55. The van der Waals surface area contributed by atoms with Crippen molar-refractivity contribution in [2.24, 2.45) is 29.1 Å². The number of alkyl halides is 2. The summed E-state index contributed by atoms with van der Waals surface area (Å²) in [5, 5.41) is 2.78. The van der Waals surface area contributed by atoms with Crippen LogP contribution in [0.15, 0.2) is 18.2 Å². The van der Waals surface area contributed by atoms with Crippen LogP contribution >= 0.6 is 0 Å². The SMILES string of the molecule is COc1ccc2nc3c(nc2c1)O[C@H]1CN(C(=O)[C@H](C(C)(C)C)NC(=O)O[C@@H]2CC4CC4[C@H]2CCOCC3(F)F)[C@H](C=O)[C@@H]1C. The predicted octanol–water partition coefficient (Wildman–Crippen LogP) is 4.11. The van der Waals surface area contributed by atoms with Gasteiger partial charge in [-0.3, -0.25) is 4.79 Å². The topological polar surface area (TPSA) is 129 Å². The Kier molecular flexibility index (Phi) is 8.11. The molecule has 2 aliphatic heterocycles. The first-order chi connectivity index (χ1) is 21.3. The van der Waals surface area contributed by atoms with Crippen molar-refractivity contribution in [3.63, 3.8) is 0 Å². The fourth-order valence-electron chi connectivity index (χ4n) is 7.12. The minimum Gasteiger partial charge on any atom is -0.497 e. The van der Waals surface area contributed by atoms with Gasteiger partial charge in [0.15, 0.2) is 5.69 Å². The number of hydrogen-bond donors (Lipinski definition) is 1. The quantitative estimate of drug-likeness (QED) is 0.488. The Labute approximate surface area is 260 Å². The van der Waals surface area contributed by atoms with E-state index in [9.17, 15) is 14.4 Å². The Balaban J connectivity index is 1.39. The third-order valence-electron chi connectivity index (χ3n) is 9.79. The summed E-state index contributed by atoms with van der Waals surface area (Å²) in [6.07, 6.45) is 0.765. The first-order valence-corrected chi connectivity index (χ1v) is 15.5. The summed E-state index contributed by atoms with van der Waals surface area (Å²) in [5.41, 5.74) is -0.934. The Morgan fingerprint density at radius 3 is 2.58 bits per heavy atom. The summed E-state index contributed by atoms with van der Waals surface area (Å²) in [4.78, 5) is 49.6. The van der Waals surface area contributed by atoms with Crippen LogP contribution in [0.3, 0.4) is 0 Å². The lowest BCUT2D eigenvalue weighted by molar-refractivity contribution is -0.139. The molecule has 2 unspecified atom stereocenters. The van der Waals surface area contributed by atoms with Gasteiger partial charge in [-0.1, -0.05) is 27.7 Å². The van der Waals surface area contributed by atoms with Crippen molar-refractivity contribution in [2.45, 2.75) is 77.2 Å². The zero-order chi connectivity index (χ0) is 32.3. The second-order valence-corrected chi connectivity index (χ2v) is 13.9. The van der Waals surface area contributed by atoms with Gasteiger partial charge in [0.2, 0.25) is 11.8 Å². The fraction of sp³-hybridized carbons (Fsp3) is 0.656. The third-order valence-corrected chi connectivity index (χ3v) is 9.79. The van der Waals surface area contributed by atoms with Gasteiger partial charge in [-0.15, -0.1) is 0 Å². The second-order valence-electron chi connectivity index (χ2n) is 13.9. The van der Waals surface area contributed by atoms with Crippen LogP contribution in [0.4, 0.5) is 13.6 Å². The number of carbonyl (C=O) groups is 3. The van der Waals surface area contributed by atoms with Gasteiger partial charge >= 0.3 is 12.0 Å². The highest BCUT2D eigenvalue weighted by atomic mass is 19.3. The van der Waals surface area contributed by atoms with Crippen LogP contribution in [0, 0.1) is 29.1 Å². The van der Waals surface area contributed by atoms with E-state index >= 15 is 8.78 Å². The molecule has 0 radical (unpaired) electrons. The standard InChI is InChI=1S/C32H40F2N4O7/c1-16-23(14-39)38-13-25(16)44-28-26(35-21-7-6-18(42-5)12-22(21)36-28)32(33,34)15-43-9-8-19-20-10-17(20)11-24(19)45-30(41)37-27(29(38)40)31(2,3)4/h6-7,12,14,16-17,19-20,23-25,27H,8-11,13,15H2,1-5H3,(H,37,41)/t16-,17?,19+,20?,23+,24+,25-,27+/m0/s1. The van der Waals surface area contributed by atoms with Crippen molar-refractivity contribution < 1.29 is 42.1 Å². The Morgan fingerprint density at radius 1 is 1.09 bits per heavy atom. The third kappa shape index (κ3) is 6.03. The van der Waals surface area contributed by atoms with Gasteiger partial charge in [0.25, 0.3) is 0 Å². The molecule has 3 fully saturated rings. The molecule has 1 aromatic heterocycles. The maximum absolute atomic E-state index is 15.9. The molecule has 11 nitrogen and oxygen atoms in total. The fourth-order valence-corrected chi connectivity index (χ4v) is 7.12. The summed E-state index contributed by atoms with van der Waals surface area (Å²) in [7, 11) is 1.48. The van der Waals surface area contributed by atoms with E-state index in [-0.39, 0.29) is 30.1 Å². The van der Waals surface area contributed by atoms with E-state index in [0.717, 1.165) is 6.42 Å². The molecule has 2 aliphatic carbocycles. The van der Waals surface area contributed by atoms with Gasteiger partial charge in [0.05, 0.1) is 30.7 Å². The zero-order valence-corrected chi connectivity index (χ0v) is 26.1. The minimum atomic E-state index is -3.58. The number of ether oxygens (including phenoxy) is 4. The molecule has 2 bridgehead atoms. The maximum atomic E-state index is 15.9. The lowest BCUT2D eigenvalue weighted by Gasteiger charge is -2.35. The van der Waals surface area contributed by atoms with Gasteiger partial charge < -0.3 is 34.0 Å². The number of aromatic nitrogens is 2. The summed E-state index contributed by atoms with van der Waals surface area (Å²) in [6, 6.07) is 2.75. The molecular weight excluding hydrogens is 590 g/mol. The van der Waals surface area contributed by atoms with Crippen molar-refractivity contribution >= 4 is 29.3 Å². The van der Waals surface area contributed by atoms with Gasteiger partial charge in [-0.05, 0) is 48.6 Å².